The van der Waals surface area contributed by atoms with Crippen molar-refractivity contribution in [2.75, 3.05) is 19.6 Å². The van der Waals surface area contributed by atoms with Gasteiger partial charge in [0.25, 0.3) is 0 Å². The summed E-state index contributed by atoms with van der Waals surface area (Å²) in [5.41, 5.74) is 2.70. The fraction of sp³-hybridized carbons (Fsp3) is 0.588. The fourth-order valence-corrected chi connectivity index (χ4v) is 3.49. The summed E-state index contributed by atoms with van der Waals surface area (Å²) < 4.78 is 0. The number of carbonyl (C=O) groups excluding carboxylic acids is 1. The fourth-order valence-electron chi connectivity index (χ4n) is 3.49. The number of fused-ring (bicyclic) bond motifs is 1. The Labute approximate surface area is 121 Å². The third-order valence-corrected chi connectivity index (χ3v) is 4.92. The van der Waals surface area contributed by atoms with Crippen LogP contribution in [0.25, 0.3) is 0 Å². The third kappa shape index (κ3) is 2.88. The van der Waals surface area contributed by atoms with Gasteiger partial charge in [-0.1, -0.05) is 31.2 Å². The minimum atomic E-state index is 0.143. The van der Waals surface area contributed by atoms with Crippen LogP contribution in [-0.2, 0) is 17.6 Å². The number of nitrogens with one attached hydrogen (secondary N) is 2. The van der Waals surface area contributed by atoms with Gasteiger partial charge in [-0.05, 0) is 55.3 Å². The molecule has 3 nitrogen and oxygen atoms in total. The van der Waals surface area contributed by atoms with Crippen molar-refractivity contribution in [3.8, 4) is 0 Å². The van der Waals surface area contributed by atoms with E-state index in [9.17, 15) is 4.79 Å². The normalized spacial score (nSPS) is 26.2. The van der Waals surface area contributed by atoms with Crippen LogP contribution in [0, 0.1) is 17.8 Å². The average Bonchev–Trinajstić information content (AvgIpc) is 2.90. The van der Waals surface area contributed by atoms with Gasteiger partial charge in [-0.15, -0.1) is 0 Å². The number of carbonyl (C=O) groups is 1. The monoisotopic (exact) mass is 272 g/mol. The molecule has 2 aliphatic rings. The number of rotatable bonds is 3. The Morgan fingerprint density at radius 1 is 1.30 bits per heavy atom. The van der Waals surface area contributed by atoms with E-state index in [0.717, 1.165) is 32.5 Å². The summed E-state index contributed by atoms with van der Waals surface area (Å²) in [6.07, 6.45) is 2.99. The van der Waals surface area contributed by atoms with Crippen LogP contribution in [0.4, 0.5) is 0 Å². The zero-order valence-corrected chi connectivity index (χ0v) is 12.2. The average molecular weight is 272 g/mol. The molecule has 1 fully saturated rings. The molecule has 0 spiro atoms. The van der Waals surface area contributed by atoms with E-state index in [1.54, 1.807) is 0 Å². The number of amides is 1. The van der Waals surface area contributed by atoms with Gasteiger partial charge in [0.1, 0.15) is 0 Å². The summed E-state index contributed by atoms with van der Waals surface area (Å²) in [5.74, 6) is 1.67. The largest absolute Gasteiger partial charge is 0.356 e. The molecular formula is C17H24N2O. The van der Waals surface area contributed by atoms with Crippen LogP contribution in [0.1, 0.15) is 24.5 Å². The minimum absolute atomic E-state index is 0.143. The molecule has 2 atom stereocenters. The molecule has 20 heavy (non-hydrogen) atoms. The lowest BCUT2D eigenvalue weighted by molar-refractivity contribution is -0.125. The van der Waals surface area contributed by atoms with Crippen LogP contribution in [0.3, 0.4) is 0 Å². The molecule has 1 heterocycles. The Bertz CT molecular complexity index is 461. The summed E-state index contributed by atoms with van der Waals surface area (Å²) in [7, 11) is 0. The van der Waals surface area contributed by atoms with Crippen molar-refractivity contribution in [2.24, 2.45) is 17.8 Å². The van der Waals surface area contributed by atoms with E-state index < -0.39 is 0 Å². The van der Waals surface area contributed by atoms with E-state index in [1.807, 2.05) is 0 Å². The molecule has 2 unspecified atom stereocenters. The highest BCUT2D eigenvalue weighted by Gasteiger charge is 2.28. The van der Waals surface area contributed by atoms with E-state index in [-0.39, 0.29) is 11.8 Å². The molecule has 0 radical (unpaired) electrons. The SMILES string of the molecule is CC1CNCCC1CNC(=O)C1Cc2ccccc2C1. The predicted molar refractivity (Wildman–Crippen MR) is 80.5 cm³/mol. The van der Waals surface area contributed by atoms with Gasteiger partial charge in [-0.25, -0.2) is 0 Å². The molecule has 1 amide bonds. The molecule has 1 aliphatic carbocycles. The lowest BCUT2D eigenvalue weighted by Crippen LogP contribution is -2.42. The van der Waals surface area contributed by atoms with Crippen molar-refractivity contribution in [3.63, 3.8) is 0 Å². The first-order valence-electron chi connectivity index (χ1n) is 7.79. The molecule has 3 heteroatoms. The second-order valence-electron chi connectivity index (χ2n) is 6.35. The number of hydrogen-bond acceptors (Lipinski definition) is 2. The van der Waals surface area contributed by atoms with Gasteiger partial charge in [-0.3, -0.25) is 4.79 Å². The molecule has 2 N–H and O–H groups in total. The summed E-state index contributed by atoms with van der Waals surface area (Å²) in [4.78, 5) is 12.3. The second kappa shape index (κ2) is 5.96. The van der Waals surface area contributed by atoms with Crippen LogP contribution in [-0.4, -0.2) is 25.5 Å². The molecule has 0 bridgehead atoms. The van der Waals surface area contributed by atoms with Gasteiger partial charge in [-0.2, -0.15) is 0 Å². The van der Waals surface area contributed by atoms with Gasteiger partial charge in [0, 0.05) is 12.5 Å². The number of hydrogen-bond donors (Lipinski definition) is 2. The van der Waals surface area contributed by atoms with E-state index in [0.29, 0.717) is 11.8 Å². The highest BCUT2D eigenvalue weighted by Crippen LogP contribution is 2.26. The maximum absolute atomic E-state index is 12.3. The quantitative estimate of drug-likeness (QED) is 0.880. The van der Waals surface area contributed by atoms with E-state index in [4.69, 9.17) is 0 Å². The van der Waals surface area contributed by atoms with Crippen molar-refractivity contribution in [1.29, 1.82) is 0 Å². The zero-order chi connectivity index (χ0) is 13.9. The molecule has 1 aromatic rings. The van der Waals surface area contributed by atoms with E-state index in [1.165, 1.54) is 17.5 Å². The minimum Gasteiger partial charge on any atom is -0.356 e. The smallest absolute Gasteiger partial charge is 0.223 e. The van der Waals surface area contributed by atoms with E-state index >= 15 is 0 Å². The second-order valence-corrected chi connectivity index (χ2v) is 6.35. The first kappa shape index (κ1) is 13.6. The van der Waals surface area contributed by atoms with Gasteiger partial charge in [0.15, 0.2) is 0 Å². The van der Waals surface area contributed by atoms with Gasteiger partial charge >= 0.3 is 0 Å². The molecule has 108 valence electrons. The summed E-state index contributed by atoms with van der Waals surface area (Å²) in [6.45, 7) is 5.28. The van der Waals surface area contributed by atoms with Crippen LogP contribution in [0.5, 0.6) is 0 Å². The Morgan fingerprint density at radius 3 is 2.65 bits per heavy atom. The predicted octanol–water partition coefficient (Wildman–Crippen LogP) is 1.76. The number of piperidine rings is 1. The van der Waals surface area contributed by atoms with Crippen molar-refractivity contribution < 1.29 is 4.79 Å². The van der Waals surface area contributed by atoms with Crippen molar-refractivity contribution >= 4 is 5.91 Å². The van der Waals surface area contributed by atoms with Gasteiger partial charge in [0.2, 0.25) is 5.91 Å². The van der Waals surface area contributed by atoms with Crippen LogP contribution >= 0.6 is 0 Å². The van der Waals surface area contributed by atoms with Gasteiger partial charge in [0.05, 0.1) is 0 Å². The lowest BCUT2D eigenvalue weighted by atomic mass is 9.88. The molecular weight excluding hydrogens is 248 g/mol. The summed E-state index contributed by atoms with van der Waals surface area (Å²) >= 11 is 0. The molecule has 1 aromatic carbocycles. The lowest BCUT2D eigenvalue weighted by Gasteiger charge is -2.29. The molecule has 3 rings (SSSR count). The molecule has 0 saturated carbocycles. The number of benzene rings is 1. The summed E-state index contributed by atoms with van der Waals surface area (Å²) in [6, 6.07) is 8.43. The maximum atomic E-state index is 12.3. The van der Waals surface area contributed by atoms with Crippen molar-refractivity contribution in [1.82, 2.24) is 10.6 Å². The molecule has 1 aliphatic heterocycles. The highest BCUT2D eigenvalue weighted by molar-refractivity contribution is 5.80. The maximum Gasteiger partial charge on any atom is 0.223 e. The van der Waals surface area contributed by atoms with Crippen molar-refractivity contribution in [3.05, 3.63) is 35.4 Å². The molecule has 1 saturated heterocycles. The van der Waals surface area contributed by atoms with Crippen molar-refractivity contribution in [2.45, 2.75) is 26.2 Å². The van der Waals surface area contributed by atoms with Crippen LogP contribution in [0.15, 0.2) is 24.3 Å². The first-order valence-corrected chi connectivity index (χ1v) is 7.79. The first-order chi connectivity index (χ1) is 9.74. The standard InChI is InChI=1S/C17H24N2O/c1-12-10-18-7-6-15(12)11-19-17(20)16-8-13-4-2-3-5-14(13)9-16/h2-5,12,15-16,18H,6-11H2,1H3,(H,19,20). The third-order valence-electron chi connectivity index (χ3n) is 4.92. The van der Waals surface area contributed by atoms with Gasteiger partial charge < -0.3 is 10.6 Å². The van der Waals surface area contributed by atoms with Crippen LogP contribution in [0.2, 0.25) is 0 Å². The highest BCUT2D eigenvalue weighted by atomic mass is 16.1. The zero-order valence-electron chi connectivity index (χ0n) is 12.2. The Hall–Kier alpha value is -1.35. The Kier molecular flexibility index (Phi) is 4.06. The van der Waals surface area contributed by atoms with Crippen LogP contribution < -0.4 is 10.6 Å². The van der Waals surface area contributed by atoms with E-state index in [2.05, 4.69) is 41.8 Å². The summed E-state index contributed by atoms with van der Waals surface area (Å²) in [5, 5.41) is 6.60. The Morgan fingerprint density at radius 2 is 2.00 bits per heavy atom. The topological polar surface area (TPSA) is 41.1 Å². The molecule has 0 aromatic heterocycles. The Balaban J connectivity index is 1.51.